The minimum Gasteiger partial charge on any atom is -0.354 e. The number of nitrogens with one attached hydrogen (secondary N) is 2. The van der Waals surface area contributed by atoms with Crippen molar-refractivity contribution in [1.29, 1.82) is 0 Å². The average Bonchev–Trinajstić information content (AvgIpc) is 2.72. The fourth-order valence-electron chi connectivity index (χ4n) is 3.14. The Morgan fingerprint density at radius 3 is 2.27 bits per heavy atom. The molecule has 1 unspecified atom stereocenters. The molecular weight excluding hydrogens is 402 g/mol. The first kappa shape index (κ1) is 26.1. The van der Waals surface area contributed by atoms with Crippen LogP contribution < -0.4 is 10.6 Å². The Balaban J connectivity index is 2.90. The van der Waals surface area contributed by atoms with Crippen molar-refractivity contribution in [3.63, 3.8) is 0 Å². The highest BCUT2D eigenvalue weighted by atomic mass is 32.2. The molecule has 0 bridgehead atoms. The number of rotatable bonds is 13. The summed E-state index contributed by atoms with van der Waals surface area (Å²) in [6, 6.07) is 5.25. The second-order valence-corrected chi connectivity index (χ2v) is 9.60. The van der Waals surface area contributed by atoms with Crippen LogP contribution in [0.3, 0.4) is 0 Å². The highest BCUT2D eigenvalue weighted by Crippen LogP contribution is 2.17. The molecule has 0 heterocycles. The fraction of sp³-hybridized carbons (Fsp3) is 0.636. The Morgan fingerprint density at radius 1 is 1.03 bits per heavy atom. The Kier molecular flexibility index (Phi) is 11.0. The highest BCUT2D eigenvalue weighted by Gasteiger charge is 2.26. The quantitative estimate of drug-likeness (QED) is 0.462. The van der Waals surface area contributed by atoms with Gasteiger partial charge in [-0.3, -0.25) is 9.59 Å². The maximum absolute atomic E-state index is 12.8. The molecule has 1 atom stereocenters. The normalized spacial score (nSPS) is 12.8. The van der Waals surface area contributed by atoms with E-state index in [0.29, 0.717) is 19.6 Å². The van der Waals surface area contributed by atoms with Gasteiger partial charge in [0.15, 0.2) is 0 Å². The van der Waals surface area contributed by atoms with Crippen LogP contribution in [0.5, 0.6) is 0 Å². The topological polar surface area (TPSA) is 95.6 Å². The first-order valence-corrected chi connectivity index (χ1v) is 12.3. The second kappa shape index (κ2) is 12.7. The standard InChI is InChI=1S/C22H37N3O4S/c1-6-9-10-11-15-23-22(27)20(17(4)5)24-21(26)18-13-12-14-19(16-18)30(28,29)25(7-2)8-3/h12-14,16-17,20H,6-11,15H2,1-5H3,(H,23,27)(H,24,26). The summed E-state index contributed by atoms with van der Waals surface area (Å²) in [6.45, 7) is 10.7. The molecule has 1 rings (SSSR count). The number of unbranched alkanes of at least 4 members (excludes halogenated alkanes) is 3. The van der Waals surface area contributed by atoms with Crippen LogP contribution in [0.1, 0.15) is 70.7 Å². The molecule has 0 fully saturated rings. The van der Waals surface area contributed by atoms with Gasteiger partial charge in [-0.1, -0.05) is 59.9 Å². The van der Waals surface area contributed by atoms with Crippen molar-refractivity contribution in [3.8, 4) is 0 Å². The lowest BCUT2D eigenvalue weighted by molar-refractivity contribution is -0.123. The predicted molar refractivity (Wildman–Crippen MR) is 120 cm³/mol. The molecule has 0 spiro atoms. The number of hydrogen-bond acceptors (Lipinski definition) is 4. The summed E-state index contributed by atoms with van der Waals surface area (Å²) < 4.78 is 26.8. The van der Waals surface area contributed by atoms with E-state index in [0.717, 1.165) is 25.7 Å². The molecule has 0 saturated carbocycles. The van der Waals surface area contributed by atoms with Gasteiger partial charge < -0.3 is 10.6 Å². The first-order chi connectivity index (χ1) is 14.2. The molecule has 7 nitrogen and oxygen atoms in total. The van der Waals surface area contributed by atoms with Crippen LogP contribution in [0, 0.1) is 5.92 Å². The molecule has 2 N–H and O–H groups in total. The van der Waals surface area contributed by atoms with Gasteiger partial charge >= 0.3 is 0 Å². The third kappa shape index (κ3) is 7.40. The molecule has 0 saturated heterocycles. The number of nitrogens with zero attached hydrogens (tertiary/aromatic N) is 1. The second-order valence-electron chi connectivity index (χ2n) is 7.66. The Morgan fingerprint density at radius 2 is 1.70 bits per heavy atom. The minimum absolute atomic E-state index is 0.0697. The third-order valence-electron chi connectivity index (χ3n) is 5.00. The molecule has 8 heteroatoms. The van der Waals surface area contributed by atoms with E-state index in [1.54, 1.807) is 26.0 Å². The van der Waals surface area contributed by atoms with Crippen LogP contribution in [0.15, 0.2) is 29.2 Å². The summed E-state index contributed by atoms with van der Waals surface area (Å²) in [4.78, 5) is 25.4. The van der Waals surface area contributed by atoms with E-state index in [9.17, 15) is 18.0 Å². The van der Waals surface area contributed by atoms with Gasteiger partial charge in [-0.05, 0) is 30.5 Å². The fourth-order valence-corrected chi connectivity index (χ4v) is 4.65. The number of carbonyl (C=O) groups is 2. The Hall–Kier alpha value is -1.93. The molecule has 170 valence electrons. The lowest BCUT2D eigenvalue weighted by Crippen LogP contribution is -2.49. The van der Waals surface area contributed by atoms with Crippen LogP contribution in [-0.2, 0) is 14.8 Å². The lowest BCUT2D eigenvalue weighted by Gasteiger charge is -2.22. The zero-order valence-electron chi connectivity index (χ0n) is 18.9. The lowest BCUT2D eigenvalue weighted by atomic mass is 10.0. The molecule has 0 aliphatic rings. The van der Waals surface area contributed by atoms with Crippen LogP contribution in [0.4, 0.5) is 0 Å². The van der Waals surface area contributed by atoms with E-state index >= 15 is 0 Å². The Labute approximate surface area is 181 Å². The van der Waals surface area contributed by atoms with Gasteiger partial charge in [0.05, 0.1) is 4.90 Å². The number of amides is 2. The van der Waals surface area contributed by atoms with E-state index in [1.165, 1.54) is 16.4 Å². The van der Waals surface area contributed by atoms with E-state index in [4.69, 9.17) is 0 Å². The van der Waals surface area contributed by atoms with E-state index in [-0.39, 0.29) is 22.3 Å². The molecule has 1 aromatic rings. The molecular formula is C22H37N3O4S. The number of hydrogen-bond donors (Lipinski definition) is 2. The molecule has 0 aromatic heterocycles. The van der Waals surface area contributed by atoms with Crippen LogP contribution in [-0.4, -0.2) is 50.2 Å². The number of sulfonamides is 1. The molecule has 1 aromatic carbocycles. The maximum Gasteiger partial charge on any atom is 0.251 e. The largest absolute Gasteiger partial charge is 0.354 e. The molecule has 0 aliphatic heterocycles. The summed E-state index contributed by atoms with van der Waals surface area (Å²) >= 11 is 0. The minimum atomic E-state index is -3.66. The summed E-state index contributed by atoms with van der Waals surface area (Å²) in [6.07, 6.45) is 4.22. The molecule has 30 heavy (non-hydrogen) atoms. The maximum atomic E-state index is 12.8. The van der Waals surface area contributed by atoms with Gasteiger partial charge in [0.25, 0.3) is 5.91 Å². The van der Waals surface area contributed by atoms with Gasteiger partial charge in [-0.25, -0.2) is 8.42 Å². The van der Waals surface area contributed by atoms with Crippen LogP contribution in [0.2, 0.25) is 0 Å². The van der Waals surface area contributed by atoms with Crippen LogP contribution >= 0.6 is 0 Å². The summed E-state index contributed by atoms with van der Waals surface area (Å²) in [5.41, 5.74) is 0.213. The highest BCUT2D eigenvalue weighted by molar-refractivity contribution is 7.89. The van der Waals surface area contributed by atoms with Crippen molar-refractivity contribution in [2.24, 2.45) is 5.92 Å². The number of benzene rings is 1. The zero-order valence-corrected chi connectivity index (χ0v) is 19.7. The third-order valence-corrected chi connectivity index (χ3v) is 7.05. The molecule has 0 aliphatic carbocycles. The predicted octanol–water partition coefficient (Wildman–Crippen LogP) is 3.17. The smallest absolute Gasteiger partial charge is 0.251 e. The van der Waals surface area contributed by atoms with Crippen molar-refractivity contribution in [2.45, 2.75) is 71.2 Å². The zero-order chi connectivity index (χ0) is 22.7. The SMILES string of the molecule is CCCCCCNC(=O)C(NC(=O)c1cccc(S(=O)(=O)N(CC)CC)c1)C(C)C. The van der Waals surface area contributed by atoms with Crippen molar-refractivity contribution < 1.29 is 18.0 Å². The van der Waals surface area contributed by atoms with Gasteiger partial charge in [-0.2, -0.15) is 4.31 Å². The van der Waals surface area contributed by atoms with Crippen molar-refractivity contribution in [2.75, 3.05) is 19.6 Å². The summed E-state index contributed by atoms with van der Waals surface area (Å²) in [5.74, 6) is -0.791. The van der Waals surface area contributed by atoms with E-state index in [1.807, 2.05) is 13.8 Å². The summed E-state index contributed by atoms with van der Waals surface area (Å²) in [5, 5.41) is 5.65. The average molecular weight is 440 g/mol. The van der Waals surface area contributed by atoms with Gasteiger partial charge in [0.2, 0.25) is 15.9 Å². The monoisotopic (exact) mass is 439 g/mol. The summed E-state index contributed by atoms with van der Waals surface area (Å²) in [7, 11) is -3.66. The van der Waals surface area contributed by atoms with Gasteiger partial charge in [0.1, 0.15) is 6.04 Å². The van der Waals surface area contributed by atoms with Crippen LogP contribution in [0.25, 0.3) is 0 Å². The molecule has 2 amide bonds. The number of carbonyl (C=O) groups excluding carboxylic acids is 2. The first-order valence-electron chi connectivity index (χ1n) is 10.9. The van der Waals surface area contributed by atoms with Crippen molar-refractivity contribution in [3.05, 3.63) is 29.8 Å². The van der Waals surface area contributed by atoms with E-state index in [2.05, 4.69) is 17.6 Å². The van der Waals surface area contributed by atoms with Crippen molar-refractivity contribution in [1.82, 2.24) is 14.9 Å². The van der Waals surface area contributed by atoms with E-state index < -0.39 is 22.0 Å². The van der Waals surface area contributed by atoms with Gasteiger partial charge in [-0.15, -0.1) is 0 Å². The van der Waals surface area contributed by atoms with Crippen molar-refractivity contribution >= 4 is 21.8 Å². The molecule has 0 radical (unpaired) electrons. The Bertz CT molecular complexity index is 789. The van der Waals surface area contributed by atoms with Gasteiger partial charge in [0, 0.05) is 25.2 Å².